The molecule has 1 aliphatic heterocycles. The highest BCUT2D eigenvalue weighted by atomic mass is 19.4. The Balaban J connectivity index is 1.88. The number of rotatable bonds is 5. The summed E-state index contributed by atoms with van der Waals surface area (Å²) in [6.45, 7) is -0.427. The van der Waals surface area contributed by atoms with Gasteiger partial charge in [0.05, 0.1) is 0 Å². The van der Waals surface area contributed by atoms with Crippen molar-refractivity contribution in [3.8, 4) is 5.75 Å². The van der Waals surface area contributed by atoms with Gasteiger partial charge in [-0.1, -0.05) is 0 Å². The first kappa shape index (κ1) is 18.1. The topological polar surface area (TPSA) is 66.8 Å². The molecule has 1 N–H and O–H groups in total. The number of aliphatic carboxylic acids is 1. The number of alkyl halides is 3. The van der Waals surface area contributed by atoms with Gasteiger partial charge in [0.15, 0.2) is 6.61 Å². The smallest absolute Gasteiger partial charge is 0.422 e. The molecule has 1 heterocycles. The van der Waals surface area contributed by atoms with Gasteiger partial charge in [0.1, 0.15) is 5.75 Å². The number of carbonyl (C=O) groups excluding carboxylic acids is 1. The van der Waals surface area contributed by atoms with Crippen molar-refractivity contribution in [2.75, 3.05) is 19.7 Å². The molecule has 0 aliphatic carbocycles. The first-order chi connectivity index (χ1) is 11.2. The highest BCUT2D eigenvalue weighted by Gasteiger charge is 2.28. The molecule has 2 rings (SSSR count). The average molecular weight is 345 g/mol. The van der Waals surface area contributed by atoms with E-state index in [9.17, 15) is 22.8 Å². The predicted octanol–water partition coefficient (Wildman–Crippen LogP) is 2.95. The second-order valence-electron chi connectivity index (χ2n) is 5.76. The number of carbonyl (C=O) groups is 2. The molecule has 0 atom stereocenters. The number of ether oxygens (including phenoxy) is 1. The molecule has 0 saturated carbocycles. The molecular weight excluding hydrogens is 327 g/mol. The number of likely N-dealkylation sites (tertiary alicyclic amines) is 1. The van der Waals surface area contributed by atoms with Gasteiger partial charge in [-0.15, -0.1) is 0 Å². The maximum atomic E-state index is 12.3. The summed E-state index contributed by atoms with van der Waals surface area (Å²) in [6, 6.07) is 5.51. The van der Waals surface area contributed by atoms with Gasteiger partial charge in [-0.25, -0.2) is 0 Å². The molecule has 1 fully saturated rings. The lowest BCUT2D eigenvalue weighted by Crippen LogP contribution is -2.38. The summed E-state index contributed by atoms with van der Waals surface area (Å²) in [5.74, 6) is -0.936. The molecule has 24 heavy (non-hydrogen) atoms. The molecular formula is C16H18F3NO4. The van der Waals surface area contributed by atoms with E-state index >= 15 is 0 Å². The van der Waals surface area contributed by atoms with Crippen LogP contribution in [-0.2, 0) is 4.79 Å². The highest BCUT2D eigenvalue weighted by Crippen LogP contribution is 2.23. The van der Waals surface area contributed by atoms with E-state index in [1.807, 2.05) is 0 Å². The maximum Gasteiger partial charge on any atom is 0.422 e. The minimum absolute atomic E-state index is 0.0454. The van der Waals surface area contributed by atoms with Gasteiger partial charge in [-0.05, 0) is 43.0 Å². The van der Waals surface area contributed by atoms with Crippen LogP contribution >= 0.6 is 0 Å². The van der Waals surface area contributed by atoms with E-state index in [0.29, 0.717) is 31.5 Å². The number of nitrogens with zero attached hydrogens (tertiary/aromatic N) is 1. The Morgan fingerprint density at radius 1 is 1.17 bits per heavy atom. The zero-order valence-corrected chi connectivity index (χ0v) is 12.9. The number of hydrogen-bond donors (Lipinski definition) is 1. The van der Waals surface area contributed by atoms with E-state index in [0.717, 1.165) is 0 Å². The van der Waals surface area contributed by atoms with Crippen LogP contribution < -0.4 is 4.74 Å². The van der Waals surface area contributed by atoms with Crippen molar-refractivity contribution < 1.29 is 32.6 Å². The molecule has 0 bridgehead atoms. The first-order valence-corrected chi connectivity index (χ1v) is 7.55. The Morgan fingerprint density at radius 2 is 1.75 bits per heavy atom. The van der Waals surface area contributed by atoms with Crippen LogP contribution in [0.2, 0.25) is 0 Å². The van der Waals surface area contributed by atoms with Crippen LogP contribution in [0.25, 0.3) is 0 Å². The summed E-state index contributed by atoms with van der Waals surface area (Å²) in [7, 11) is 0. The lowest BCUT2D eigenvalue weighted by molar-refractivity contribution is -0.153. The summed E-state index contributed by atoms with van der Waals surface area (Å²) < 4.78 is 40.8. The van der Waals surface area contributed by atoms with Crippen molar-refractivity contribution in [3.63, 3.8) is 0 Å². The van der Waals surface area contributed by atoms with Crippen LogP contribution in [0, 0.1) is 5.92 Å². The normalized spacial score (nSPS) is 16.0. The monoisotopic (exact) mass is 345 g/mol. The molecule has 132 valence electrons. The molecule has 0 aromatic heterocycles. The number of carboxylic acid groups (broad SMARTS) is 1. The standard InChI is InChI=1S/C16H18F3NO4/c17-16(18,19)10-24-13-3-1-12(2-4-13)15(23)20-7-5-11(6-8-20)9-14(21)22/h1-4,11H,5-10H2,(H,21,22). The Morgan fingerprint density at radius 3 is 2.25 bits per heavy atom. The lowest BCUT2D eigenvalue weighted by atomic mass is 9.93. The molecule has 5 nitrogen and oxygen atoms in total. The Bertz CT molecular complexity index is 578. The molecule has 1 aromatic carbocycles. The molecule has 0 radical (unpaired) electrons. The fraction of sp³-hybridized carbons (Fsp3) is 0.500. The number of piperidine rings is 1. The lowest BCUT2D eigenvalue weighted by Gasteiger charge is -2.31. The van der Waals surface area contributed by atoms with E-state index in [1.165, 1.54) is 24.3 Å². The Labute approximate surface area is 137 Å². The number of benzene rings is 1. The van der Waals surface area contributed by atoms with Gasteiger partial charge >= 0.3 is 12.1 Å². The molecule has 1 aromatic rings. The number of amides is 1. The van der Waals surface area contributed by atoms with Crippen LogP contribution in [0.15, 0.2) is 24.3 Å². The van der Waals surface area contributed by atoms with Crippen molar-refractivity contribution >= 4 is 11.9 Å². The SMILES string of the molecule is O=C(O)CC1CCN(C(=O)c2ccc(OCC(F)(F)F)cc2)CC1. The zero-order valence-electron chi connectivity index (χ0n) is 12.9. The third kappa shape index (κ3) is 5.43. The van der Waals surface area contributed by atoms with Gasteiger partial charge in [-0.3, -0.25) is 9.59 Å². The van der Waals surface area contributed by atoms with Gasteiger partial charge < -0.3 is 14.7 Å². The van der Waals surface area contributed by atoms with E-state index in [2.05, 4.69) is 4.74 Å². The van der Waals surface area contributed by atoms with Gasteiger partial charge in [-0.2, -0.15) is 13.2 Å². The molecule has 1 saturated heterocycles. The van der Waals surface area contributed by atoms with Crippen molar-refractivity contribution in [3.05, 3.63) is 29.8 Å². The highest BCUT2D eigenvalue weighted by molar-refractivity contribution is 5.94. The molecule has 0 spiro atoms. The second kappa shape index (κ2) is 7.55. The van der Waals surface area contributed by atoms with Crippen LogP contribution in [0.3, 0.4) is 0 Å². The van der Waals surface area contributed by atoms with Gasteiger partial charge in [0.25, 0.3) is 5.91 Å². The maximum absolute atomic E-state index is 12.3. The number of hydrogen-bond acceptors (Lipinski definition) is 3. The summed E-state index contributed by atoms with van der Waals surface area (Å²) >= 11 is 0. The van der Waals surface area contributed by atoms with Crippen LogP contribution in [0.4, 0.5) is 13.2 Å². The molecule has 1 amide bonds. The summed E-state index contributed by atoms with van der Waals surface area (Å²) in [5.41, 5.74) is 0.367. The predicted molar refractivity (Wildman–Crippen MR) is 78.9 cm³/mol. The number of halogens is 3. The van der Waals surface area contributed by atoms with Crippen molar-refractivity contribution in [1.29, 1.82) is 0 Å². The summed E-state index contributed by atoms with van der Waals surface area (Å²) in [4.78, 5) is 24.7. The van der Waals surface area contributed by atoms with E-state index in [1.54, 1.807) is 4.90 Å². The van der Waals surface area contributed by atoms with Gasteiger partial charge in [0.2, 0.25) is 0 Å². The van der Waals surface area contributed by atoms with Crippen LogP contribution in [0.1, 0.15) is 29.6 Å². The zero-order chi connectivity index (χ0) is 17.7. The quantitative estimate of drug-likeness (QED) is 0.891. The fourth-order valence-electron chi connectivity index (χ4n) is 2.63. The van der Waals surface area contributed by atoms with Crippen molar-refractivity contribution in [1.82, 2.24) is 4.90 Å². The fourth-order valence-corrected chi connectivity index (χ4v) is 2.63. The molecule has 8 heteroatoms. The largest absolute Gasteiger partial charge is 0.484 e. The van der Waals surface area contributed by atoms with Crippen LogP contribution in [-0.4, -0.2) is 47.8 Å². The van der Waals surface area contributed by atoms with E-state index < -0.39 is 18.8 Å². The van der Waals surface area contributed by atoms with E-state index in [4.69, 9.17) is 5.11 Å². The Hall–Kier alpha value is -2.25. The van der Waals surface area contributed by atoms with E-state index in [-0.39, 0.29) is 24.0 Å². The third-order valence-corrected chi connectivity index (χ3v) is 3.87. The first-order valence-electron chi connectivity index (χ1n) is 7.55. The second-order valence-corrected chi connectivity index (χ2v) is 5.76. The molecule has 0 unspecified atom stereocenters. The minimum Gasteiger partial charge on any atom is -0.484 e. The summed E-state index contributed by atoms with van der Waals surface area (Å²) in [6.07, 6.45) is -3.04. The number of carboxylic acids is 1. The Kier molecular flexibility index (Phi) is 5.69. The van der Waals surface area contributed by atoms with Crippen molar-refractivity contribution in [2.45, 2.75) is 25.4 Å². The van der Waals surface area contributed by atoms with Crippen LogP contribution in [0.5, 0.6) is 5.75 Å². The minimum atomic E-state index is -4.41. The average Bonchev–Trinajstić information content (AvgIpc) is 2.52. The third-order valence-electron chi connectivity index (χ3n) is 3.87. The summed E-state index contributed by atoms with van der Waals surface area (Å²) in [5, 5.41) is 8.78. The van der Waals surface area contributed by atoms with Gasteiger partial charge in [0, 0.05) is 25.1 Å². The van der Waals surface area contributed by atoms with Crippen molar-refractivity contribution in [2.24, 2.45) is 5.92 Å². The molecule has 1 aliphatic rings.